The van der Waals surface area contributed by atoms with Crippen LogP contribution in [-0.4, -0.2) is 47.5 Å². The van der Waals surface area contributed by atoms with E-state index in [1.165, 1.54) is 6.20 Å². The van der Waals surface area contributed by atoms with Gasteiger partial charge in [0.05, 0.1) is 26.0 Å². The molecule has 0 atom stereocenters. The van der Waals surface area contributed by atoms with Gasteiger partial charge in [-0.25, -0.2) is 4.68 Å². The van der Waals surface area contributed by atoms with Gasteiger partial charge in [0.25, 0.3) is 0 Å². The molecule has 2 rings (SSSR count). The maximum Gasteiger partial charge on any atom is 0.139 e. The monoisotopic (exact) mass is 221 g/mol. The maximum atomic E-state index is 8.74. The van der Waals surface area contributed by atoms with Crippen molar-refractivity contribution in [3.63, 3.8) is 0 Å². The molecule has 2 heterocycles. The van der Waals surface area contributed by atoms with Crippen LogP contribution in [0.1, 0.15) is 5.56 Å². The SMILES string of the molecule is N#Cc1cnn(CCN2CCOCC2)c1N. The van der Waals surface area contributed by atoms with Crippen molar-refractivity contribution in [2.45, 2.75) is 6.54 Å². The highest BCUT2D eigenvalue weighted by atomic mass is 16.5. The molecule has 1 aliphatic rings. The maximum absolute atomic E-state index is 8.74. The molecule has 0 radical (unpaired) electrons. The average Bonchev–Trinajstić information content (AvgIpc) is 2.69. The normalized spacial score (nSPS) is 17.2. The van der Waals surface area contributed by atoms with Gasteiger partial charge in [-0.15, -0.1) is 0 Å². The van der Waals surface area contributed by atoms with Crippen LogP contribution in [0.3, 0.4) is 0 Å². The fourth-order valence-electron chi connectivity index (χ4n) is 1.72. The summed E-state index contributed by atoms with van der Waals surface area (Å²) in [7, 11) is 0. The van der Waals surface area contributed by atoms with Gasteiger partial charge in [0.2, 0.25) is 0 Å². The van der Waals surface area contributed by atoms with E-state index in [1.807, 2.05) is 6.07 Å². The lowest BCUT2D eigenvalue weighted by Gasteiger charge is -2.26. The van der Waals surface area contributed by atoms with Gasteiger partial charge in [0, 0.05) is 19.6 Å². The lowest BCUT2D eigenvalue weighted by molar-refractivity contribution is 0.0360. The Morgan fingerprint density at radius 3 is 2.81 bits per heavy atom. The minimum atomic E-state index is 0.446. The van der Waals surface area contributed by atoms with E-state index >= 15 is 0 Å². The molecule has 86 valence electrons. The third-order valence-corrected chi connectivity index (χ3v) is 2.73. The number of hydrogen-bond donors (Lipinski definition) is 1. The summed E-state index contributed by atoms with van der Waals surface area (Å²) in [5.41, 5.74) is 6.21. The van der Waals surface area contributed by atoms with Gasteiger partial charge in [-0.2, -0.15) is 10.4 Å². The van der Waals surface area contributed by atoms with Crippen molar-refractivity contribution in [3.05, 3.63) is 11.8 Å². The Kier molecular flexibility index (Phi) is 3.39. The molecule has 6 heteroatoms. The average molecular weight is 221 g/mol. The Morgan fingerprint density at radius 2 is 2.19 bits per heavy atom. The van der Waals surface area contributed by atoms with Gasteiger partial charge in [-0.3, -0.25) is 4.90 Å². The van der Waals surface area contributed by atoms with Crippen LogP contribution < -0.4 is 5.73 Å². The summed E-state index contributed by atoms with van der Waals surface area (Å²) < 4.78 is 6.94. The van der Waals surface area contributed by atoms with Gasteiger partial charge in [0.1, 0.15) is 17.5 Å². The fourth-order valence-corrected chi connectivity index (χ4v) is 1.72. The molecule has 0 bridgehead atoms. The molecule has 16 heavy (non-hydrogen) atoms. The van der Waals surface area contributed by atoms with Gasteiger partial charge >= 0.3 is 0 Å². The summed E-state index contributed by atoms with van der Waals surface area (Å²) in [6, 6.07) is 2.01. The van der Waals surface area contributed by atoms with E-state index in [-0.39, 0.29) is 0 Å². The standard InChI is InChI=1S/C10H15N5O/c11-7-9-8-13-15(10(9)12)2-1-14-3-5-16-6-4-14/h8H,1-6,12H2. The van der Waals surface area contributed by atoms with Crippen LogP contribution in [-0.2, 0) is 11.3 Å². The summed E-state index contributed by atoms with van der Waals surface area (Å²) >= 11 is 0. The molecule has 6 nitrogen and oxygen atoms in total. The first-order chi connectivity index (χ1) is 7.81. The number of ether oxygens (including phenoxy) is 1. The van der Waals surface area contributed by atoms with Crippen LogP contribution >= 0.6 is 0 Å². The van der Waals surface area contributed by atoms with Crippen LogP contribution in [0.4, 0.5) is 5.82 Å². The highest BCUT2D eigenvalue weighted by Gasteiger charge is 2.11. The smallest absolute Gasteiger partial charge is 0.139 e. The zero-order chi connectivity index (χ0) is 11.4. The number of nitrogen functional groups attached to an aromatic ring is 1. The first-order valence-electron chi connectivity index (χ1n) is 5.33. The van der Waals surface area contributed by atoms with Crippen LogP contribution in [0.25, 0.3) is 0 Å². The summed E-state index contributed by atoms with van der Waals surface area (Å²) in [4.78, 5) is 2.30. The van der Waals surface area contributed by atoms with Gasteiger partial charge in [0.15, 0.2) is 0 Å². The molecule has 1 aliphatic heterocycles. The van der Waals surface area contributed by atoms with Crippen LogP contribution in [0.15, 0.2) is 6.20 Å². The van der Waals surface area contributed by atoms with Gasteiger partial charge in [-0.05, 0) is 0 Å². The molecular weight excluding hydrogens is 206 g/mol. The molecule has 1 aromatic heterocycles. The van der Waals surface area contributed by atoms with Crippen molar-refractivity contribution in [2.24, 2.45) is 0 Å². The fraction of sp³-hybridized carbons (Fsp3) is 0.600. The van der Waals surface area contributed by atoms with Crippen LogP contribution in [0, 0.1) is 11.3 Å². The minimum absolute atomic E-state index is 0.446. The Bertz CT molecular complexity index is 388. The molecule has 0 aromatic carbocycles. The van der Waals surface area contributed by atoms with E-state index in [0.29, 0.717) is 17.9 Å². The van der Waals surface area contributed by atoms with E-state index in [2.05, 4.69) is 10.00 Å². The molecule has 1 saturated heterocycles. The summed E-state index contributed by atoms with van der Waals surface area (Å²) in [5.74, 6) is 0.454. The van der Waals surface area contributed by atoms with Crippen molar-refractivity contribution in [1.29, 1.82) is 5.26 Å². The van der Waals surface area contributed by atoms with Crippen molar-refractivity contribution >= 4 is 5.82 Å². The number of nitrogens with two attached hydrogens (primary N) is 1. The Morgan fingerprint density at radius 1 is 1.44 bits per heavy atom. The topological polar surface area (TPSA) is 80.1 Å². The third-order valence-electron chi connectivity index (χ3n) is 2.73. The third kappa shape index (κ3) is 2.32. The number of hydrogen-bond acceptors (Lipinski definition) is 5. The van der Waals surface area contributed by atoms with E-state index in [4.69, 9.17) is 15.7 Å². The van der Waals surface area contributed by atoms with Crippen molar-refractivity contribution < 1.29 is 4.74 Å². The number of nitrogens with zero attached hydrogens (tertiary/aromatic N) is 4. The lowest BCUT2D eigenvalue weighted by Crippen LogP contribution is -2.38. The van der Waals surface area contributed by atoms with E-state index < -0.39 is 0 Å². The van der Waals surface area contributed by atoms with Gasteiger partial charge in [-0.1, -0.05) is 0 Å². The first kappa shape index (κ1) is 10.9. The minimum Gasteiger partial charge on any atom is -0.383 e. The van der Waals surface area contributed by atoms with E-state index in [1.54, 1.807) is 4.68 Å². The number of morpholine rings is 1. The number of anilines is 1. The molecule has 0 saturated carbocycles. The lowest BCUT2D eigenvalue weighted by atomic mass is 10.3. The van der Waals surface area contributed by atoms with Gasteiger partial charge < -0.3 is 10.5 Å². The van der Waals surface area contributed by atoms with E-state index in [0.717, 1.165) is 32.8 Å². The summed E-state index contributed by atoms with van der Waals surface area (Å²) in [6.07, 6.45) is 1.51. The van der Waals surface area contributed by atoms with Crippen LogP contribution in [0.2, 0.25) is 0 Å². The molecule has 1 fully saturated rings. The van der Waals surface area contributed by atoms with Crippen molar-refractivity contribution in [1.82, 2.24) is 14.7 Å². The van der Waals surface area contributed by atoms with E-state index in [9.17, 15) is 0 Å². The molecule has 0 spiro atoms. The second kappa shape index (κ2) is 4.96. The highest BCUT2D eigenvalue weighted by Crippen LogP contribution is 2.09. The molecule has 1 aromatic rings. The Hall–Kier alpha value is -1.58. The predicted octanol–water partition coefficient (Wildman–Crippen LogP) is -0.331. The Balaban J connectivity index is 1.89. The molecule has 2 N–H and O–H groups in total. The largest absolute Gasteiger partial charge is 0.383 e. The molecular formula is C10H15N5O. The highest BCUT2D eigenvalue weighted by molar-refractivity contribution is 5.47. The molecule has 0 unspecified atom stereocenters. The van der Waals surface area contributed by atoms with Crippen LogP contribution in [0.5, 0.6) is 0 Å². The quantitative estimate of drug-likeness (QED) is 0.756. The molecule has 0 amide bonds. The molecule has 0 aliphatic carbocycles. The zero-order valence-corrected chi connectivity index (χ0v) is 9.09. The van der Waals surface area contributed by atoms with Crippen molar-refractivity contribution in [2.75, 3.05) is 38.6 Å². The van der Waals surface area contributed by atoms with Crippen molar-refractivity contribution in [3.8, 4) is 6.07 Å². The predicted molar refractivity (Wildman–Crippen MR) is 58.6 cm³/mol. The number of rotatable bonds is 3. The number of nitriles is 1. The Labute approximate surface area is 94.2 Å². The zero-order valence-electron chi connectivity index (χ0n) is 9.09. The summed E-state index contributed by atoms with van der Waals surface area (Å²) in [6.45, 7) is 5.09. The second-order valence-electron chi connectivity index (χ2n) is 3.73. The second-order valence-corrected chi connectivity index (χ2v) is 3.73. The number of aromatic nitrogens is 2. The summed E-state index contributed by atoms with van der Waals surface area (Å²) in [5, 5.41) is 12.8. The first-order valence-corrected chi connectivity index (χ1v) is 5.33.